The van der Waals surface area contributed by atoms with Crippen LogP contribution in [0.4, 0.5) is 18.9 Å². The van der Waals surface area contributed by atoms with E-state index in [1.807, 2.05) is 0 Å². The summed E-state index contributed by atoms with van der Waals surface area (Å²) in [6.07, 6.45) is 0. The summed E-state index contributed by atoms with van der Waals surface area (Å²) in [5, 5.41) is 2.13. The highest BCUT2D eigenvalue weighted by molar-refractivity contribution is 5.92. The van der Waals surface area contributed by atoms with Crippen LogP contribution in [-0.4, -0.2) is 12.5 Å². The summed E-state index contributed by atoms with van der Waals surface area (Å²) < 4.78 is 38.5. The van der Waals surface area contributed by atoms with E-state index in [2.05, 4.69) is 5.32 Å². The number of carbonyl (C=O) groups excluding carboxylic acids is 1. The van der Waals surface area contributed by atoms with Gasteiger partial charge < -0.3 is 11.1 Å². The third-order valence-corrected chi connectivity index (χ3v) is 2.07. The zero-order valence-electron chi connectivity index (χ0n) is 8.56. The Balaban J connectivity index is 2.90. The molecule has 88 valence electrons. The summed E-state index contributed by atoms with van der Waals surface area (Å²) in [6, 6.07) is 0.962. The first-order chi connectivity index (χ1) is 7.45. The third kappa shape index (κ3) is 2.73. The summed E-state index contributed by atoms with van der Waals surface area (Å²) in [6.45, 7) is 1.62. The summed E-state index contributed by atoms with van der Waals surface area (Å²) in [4.78, 5) is 11.3. The first kappa shape index (κ1) is 12.5. The zero-order valence-corrected chi connectivity index (χ0v) is 8.56. The molecule has 16 heavy (non-hydrogen) atoms. The Morgan fingerprint density at radius 2 is 1.88 bits per heavy atom. The molecule has 3 N–H and O–H groups in total. The highest BCUT2D eigenvalue weighted by Gasteiger charge is 2.15. The fourth-order valence-electron chi connectivity index (χ4n) is 0.981. The lowest BCUT2D eigenvalue weighted by atomic mass is 10.1. The Morgan fingerprint density at radius 3 is 2.44 bits per heavy atom. The van der Waals surface area contributed by atoms with E-state index in [4.69, 9.17) is 5.73 Å². The second kappa shape index (κ2) is 4.98. The van der Waals surface area contributed by atoms with Crippen molar-refractivity contribution in [3.63, 3.8) is 0 Å². The van der Waals surface area contributed by atoms with E-state index >= 15 is 0 Å². The minimum absolute atomic E-state index is 0.0805. The number of hydrogen-bond donors (Lipinski definition) is 2. The number of hydrogen-bond acceptors (Lipinski definition) is 2. The molecule has 1 unspecified atom stereocenters. The van der Waals surface area contributed by atoms with Crippen LogP contribution in [0.2, 0.25) is 0 Å². The molecular weight excluding hydrogens is 221 g/mol. The monoisotopic (exact) mass is 232 g/mol. The van der Waals surface area contributed by atoms with Crippen LogP contribution in [0.25, 0.3) is 0 Å². The Morgan fingerprint density at radius 1 is 1.31 bits per heavy atom. The standard InChI is InChI=1S/C10H11F3N2O/c1-5(4-14)10(16)15-9-3-7(12)6(11)2-8(9)13/h2-3,5H,4,14H2,1H3,(H,15,16). The van der Waals surface area contributed by atoms with Gasteiger partial charge in [-0.15, -0.1) is 0 Å². The molecule has 0 bridgehead atoms. The van der Waals surface area contributed by atoms with Gasteiger partial charge in [0.05, 0.1) is 5.69 Å². The van der Waals surface area contributed by atoms with Gasteiger partial charge in [0.2, 0.25) is 5.91 Å². The third-order valence-electron chi connectivity index (χ3n) is 2.07. The molecule has 3 nitrogen and oxygen atoms in total. The van der Waals surface area contributed by atoms with E-state index < -0.39 is 35.0 Å². The number of nitrogens with two attached hydrogens (primary N) is 1. The average Bonchev–Trinajstić information content (AvgIpc) is 2.24. The smallest absolute Gasteiger partial charge is 0.228 e. The van der Waals surface area contributed by atoms with Gasteiger partial charge in [-0.05, 0) is 0 Å². The Bertz CT molecular complexity index is 409. The molecule has 1 atom stereocenters. The van der Waals surface area contributed by atoms with Crippen LogP contribution < -0.4 is 11.1 Å². The van der Waals surface area contributed by atoms with Crippen molar-refractivity contribution in [1.82, 2.24) is 0 Å². The van der Waals surface area contributed by atoms with Crippen LogP contribution in [0.15, 0.2) is 12.1 Å². The van der Waals surface area contributed by atoms with Gasteiger partial charge in [-0.3, -0.25) is 4.79 Å². The van der Waals surface area contributed by atoms with Crippen molar-refractivity contribution >= 4 is 11.6 Å². The number of rotatable bonds is 3. The van der Waals surface area contributed by atoms with E-state index in [-0.39, 0.29) is 6.54 Å². The van der Waals surface area contributed by atoms with Gasteiger partial charge in [0.15, 0.2) is 11.6 Å². The van der Waals surface area contributed by atoms with Crippen molar-refractivity contribution in [2.24, 2.45) is 11.7 Å². The molecule has 0 aromatic heterocycles. The maximum Gasteiger partial charge on any atom is 0.228 e. The number of nitrogens with one attached hydrogen (secondary N) is 1. The summed E-state index contributed by atoms with van der Waals surface area (Å²) in [5.41, 5.74) is 4.83. The van der Waals surface area contributed by atoms with E-state index in [1.54, 1.807) is 0 Å². The van der Waals surface area contributed by atoms with E-state index in [1.165, 1.54) is 6.92 Å². The van der Waals surface area contributed by atoms with Crippen molar-refractivity contribution < 1.29 is 18.0 Å². The predicted octanol–water partition coefficient (Wildman–Crippen LogP) is 1.64. The summed E-state index contributed by atoms with van der Waals surface area (Å²) in [7, 11) is 0. The maximum atomic E-state index is 13.1. The van der Waals surface area contributed by atoms with Crippen molar-refractivity contribution in [3.8, 4) is 0 Å². The molecule has 1 amide bonds. The number of anilines is 1. The Hall–Kier alpha value is -1.56. The normalized spacial score (nSPS) is 12.3. The van der Waals surface area contributed by atoms with Crippen molar-refractivity contribution in [3.05, 3.63) is 29.6 Å². The topological polar surface area (TPSA) is 55.1 Å². The lowest BCUT2D eigenvalue weighted by molar-refractivity contribution is -0.119. The van der Waals surface area contributed by atoms with Crippen LogP contribution >= 0.6 is 0 Å². The quantitative estimate of drug-likeness (QED) is 0.778. The second-order valence-corrected chi connectivity index (χ2v) is 3.37. The molecule has 0 fully saturated rings. The maximum absolute atomic E-state index is 13.1. The molecule has 1 rings (SSSR count). The second-order valence-electron chi connectivity index (χ2n) is 3.37. The zero-order chi connectivity index (χ0) is 12.3. The molecule has 0 radical (unpaired) electrons. The molecule has 6 heteroatoms. The summed E-state index contributed by atoms with van der Waals surface area (Å²) in [5.74, 6) is -4.64. The molecule has 0 saturated carbocycles. The van der Waals surface area contributed by atoms with Crippen LogP contribution in [-0.2, 0) is 4.79 Å². The molecule has 1 aromatic carbocycles. The summed E-state index contributed by atoms with van der Waals surface area (Å²) >= 11 is 0. The van der Waals surface area contributed by atoms with Gasteiger partial charge in [-0.2, -0.15) is 0 Å². The number of halogens is 3. The first-order valence-corrected chi connectivity index (χ1v) is 4.61. The molecule has 0 spiro atoms. The fraction of sp³-hybridized carbons (Fsp3) is 0.300. The SMILES string of the molecule is CC(CN)C(=O)Nc1cc(F)c(F)cc1F. The van der Waals surface area contributed by atoms with E-state index in [0.717, 1.165) is 0 Å². The fourth-order valence-corrected chi connectivity index (χ4v) is 0.981. The van der Waals surface area contributed by atoms with Crippen molar-refractivity contribution in [2.45, 2.75) is 6.92 Å². The van der Waals surface area contributed by atoms with Crippen molar-refractivity contribution in [2.75, 3.05) is 11.9 Å². The lowest BCUT2D eigenvalue weighted by Crippen LogP contribution is -2.27. The van der Waals surface area contributed by atoms with Gasteiger partial charge in [-0.1, -0.05) is 6.92 Å². The number of carbonyl (C=O) groups is 1. The average molecular weight is 232 g/mol. The van der Waals surface area contributed by atoms with Crippen molar-refractivity contribution in [1.29, 1.82) is 0 Å². The number of amides is 1. The molecule has 1 aromatic rings. The van der Waals surface area contributed by atoms with Gasteiger partial charge in [0.1, 0.15) is 5.82 Å². The molecule has 0 aliphatic rings. The molecule has 0 aliphatic heterocycles. The van der Waals surface area contributed by atoms with E-state index in [9.17, 15) is 18.0 Å². The Kier molecular flexibility index (Phi) is 3.89. The van der Waals surface area contributed by atoms with Crippen LogP contribution in [0, 0.1) is 23.4 Å². The highest BCUT2D eigenvalue weighted by atomic mass is 19.2. The van der Waals surface area contributed by atoms with Gasteiger partial charge in [0, 0.05) is 24.6 Å². The number of benzene rings is 1. The van der Waals surface area contributed by atoms with Gasteiger partial charge >= 0.3 is 0 Å². The minimum Gasteiger partial charge on any atom is -0.330 e. The van der Waals surface area contributed by atoms with Crippen LogP contribution in [0.3, 0.4) is 0 Å². The first-order valence-electron chi connectivity index (χ1n) is 4.61. The predicted molar refractivity (Wildman–Crippen MR) is 53.2 cm³/mol. The van der Waals surface area contributed by atoms with Gasteiger partial charge in [-0.25, -0.2) is 13.2 Å². The molecule has 0 aliphatic carbocycles. The van der Waals surface area contributed by atoms with Gasteiger partial charge in [0.25, 0.3) is 0 Å². The largest absolute Gasteiger partial charge is 0.330 e. The van der Waals surface area contributed by atoms with Crippen LogP contribution in [0.1, 0.15) is 6.92 Å². The van der Waals surface area contributed by atoms with E-state index in [0.29, 0.717) is 12.1 Å². The molecular formula is C10H11F3N2O. The van der Waals surface area contributed by atoms with Crippen LogP contribution in [0.5, 0.6) is 0 Å². The molecule has 0 heterocycles. The Labute approximate surface area is 90.4 Å². The minimum atomic E-state index is -1.30. The lowest BCUT2D eigenvalue weighted by Gasteiger charge is -2.10. The molecule has 0 saturated heterocycles. The highest BCUT2D eigenvalue weighted by Crippen LogP contribution is 2.18.